The zero-order valence-electron chi connectivity index (χ0n) is 10.2. The Morgan fingerprint density at radius 1 is 1.11 bits per heavy atom. The Morgan fingerprint density at radius 3 is 2.72 bits per heavy atom. The summed E-state index contributed by atoms with van der Waals surface area (Å²) in [6.07, 6.45) is 3.10. The molecule has 0 bridgehead atoms. The van der Waals surface area contributed by atoms with E-state index in [9.17, 15) is 4.39 Å². The van der Waals surface area contributed by atoms with Crippen LogP contribution in [-0.2, 0) is 13.0 Å². The predicted octanol–water partition coefficient (Wildman–Crippen LogP) is 4.45. The predicted molar refractivity (Wildman–Crippen MR) is 74.7 cm³/mol. The molecule has 0 N–H and O–H groups in total. The van der Waals surface area contributed by atoms with Crippen LogP contribution in [0.5, 0.6) is 0 Å². The Labute approximate surface area is 109 Å². The average Bonchev–Trinajstić information content (AvgIpc) is 2.97. The van der Waals surface area contributed by atoms with E-state index in [0.29, 0.717) is 0 Å². The molecule has 0 fully saturated rings. The number of thiophene rings is 1. The highest BCUT2D eigenvalue weighted by Gasteiger charge is 2.05. The number of fused-ring (bicyclic) bond motifs is 1. The van der Waals surface area contributed by atoms with Crippen molar-refractivity contribution in [3.8, 4) is 0 Å². The number of nitrogens with zero attached hydrogens (tertiary/aromatic N) is 1. The van der Waals surface area contributed by atoms with Crippen LogP contribution >= 0.6 is 11.3 Å². The van der Waals surface area contributed by atoms with Crippen LogP contribution in [0.3, 0.4) is 0 Å². The zero-order valence-corrected chi connectivity index (χ0v) is 11.0. The first kappa shape index (κ1) is 11.5. The molecule has 1 aromatic carbocycles. The topological polar surface area (TPSA) is 4.93 Å². The van der Waals surface area contributed by atoms with Crippen LogP contribution in [0.25, 0.3) is 10.9 Å². The Bertz CT molecular complexity index is 681. The summed E-state index contributed by atoms with van der Waals surface area (Å²) in [7, 11) is 0. The summed E-state index contributed by atoms with van der Waals surface area (Å²) in [5.41, 5.74) is 0.960. The molecule has 0 saturated heterocycles. The number of hydrogen-bond acceptors (Lipinski definition) is 1. The summed E-state index contributed by atoms with van der Waals surface area (Å²) in [6.45, 7) is 2.98. The first-order chi connectivity index (χ1) is 8.76. The number of rotatable bonds is 3. The fourth-order valence-corrected chi connectivity index (χ4v) is 3.12. The molecule has 0 aliphatic heterocycles. The minimum Gasteiger partial charge on any atom is -0.342 e. The van der Waals surface area contributed by atoms with Gasteiger partial charge in [0.1, 0.15) is 5.82 Å². The van der Waals surface area contributed by atoms with E-state index in [-0.39, 0.29) is 5.82 Å². The molecule has 0 spiro atoms. The third kappa shape index (κ3) is 2.06. The minimum atomic E-state index is -0.178. The van der Waals surface area contributed by atoms with Crippen LogP contribution in [0.4, 0.5) is 4.39 Å². The molecular formula is C15H14FNS. The molecule has 0 saturated carbocycles. The lowest BCUT2D eigenvalue weighted by Gasteiger charge is -2.03. The van der Waals surface area contributed by atoms with Gasteiger partial charge in [-0.3, -0.25) is 0 Å². The Balaban J connectivity index is 1.96. The van der Waals surface area contributed by atoms with E-state index >= 15 is 0 Å². The lowest BCUT2D eigenvalue weighted by atomic mass is 10.2. The molecule has 0 atom stereocenters. The molecule has 0 aliphatic carbocycles. The third-order valence-electron chi connectivity index (χ3n) is 3.13. The van der Waals surface area contributed by atoms with Gasteiger partial charge < -0.3 is 4.57 Å². The highest BCUT2D eigenvalue weighted by molar-refractivity contribution is 7.11. The maximum atomic E-state index is 13.3. The summed E-state index contributed by atoms with van der Waals surface area (Å²) < 4.78 is 15.4. The number of aromatic nitrogens is 1. The summed E-state index contributed by atoms with van der Waals surface area (Å²) in [5, 5.41) is 1.09. The van der Waals surface area contributed by atoms with Gasteiger partial charge in [-0.2, -0.15) is 0 Å². The van der Waals surface area contributed by atoms with Crippen LogP contribution in [0.1, 0.15) is 16.7 Å². The molecule has 3 aromatic rings. The Morgan fingerprint density at radius 2 is 1.94 bits per heavy atom. The molecule has 0 unspecified atom stereocenters. The van der Waals surface area contributed by atoms with E-state index < -0.39 is 0 Å². The molecule has 0 aliphatic rings. The first-order valence-corrected chi connectivity index (χ1v) is 6.90. The van der Waals surface area contributed by atoms with Crippen molar-refractivity contribution < 1.29 is 4.39 Å². The molecule has 0 amide bonds. The second kappa shape index (κ2) is 4.58. The summed E-state index contributed by atoms with van der Waals surface area (Å²) >= 11 is 1.83. The molecular weight excluding hydrogens is 245 g/mol. The van der Waals surface area contributed by atoms with Gasteiger partial charge in [-0.15, -0.1) is 11.3 Å². The summed E-state index contributed by atoms with van der Waals surface area (Å²) in [6, 6.07) is 11.3. The molecule has 2 heterocycles. The number of halogens is 1. The maximum absolute atomic E-state index is 13.3. The normalized spacial score (nSPS) is 11.2. The molecule has 2 aromatic heterocycles. The molecule has 1 nitrogen and oxygen atoms in total. The van der Waals surface area contributed by atoms with Gasteiger partial charge in [-0.25, -0.2) is 4.39 Å². The van der Waals surface area contributed by atoms with E-state index in [1.807, 2.05) is 29.7 Å². The Hall–Kier alpha value is -1.61. The van der Waals surface area contributed by atoms with Gasteiger partial charge in [0.25, 0.3) is 0 Å². The van der Waals surface area contributed by atoms with Crippen molar-refractivity contribution in [2.75, 3.05) is 0 Å². The van der Waals surface area contributed by atoms with E-state index in [1.165, 1.54) is 15.8 Å². The second-order valence-corrected chi connectivity index (χ2v) is 5.62. The summed E-state index contributed by atoms with van der Waals surface area (Å²) in [4.78, 5) is 2.71. The largest absolute Gasteiger partial charge is 0.342 e. The van der Waals surface area contributed by atoms with Crippen LogP contribution in [-0.4, -0.2) is 4.57 Å². The second-order valence-electron chi connectivity index (χ2n) is 4.37. The smallest absolute Gasteiger partial charge is 0.125 e. The maximum Gasteiger partial charge on any atom is 0.125 e. The first-order valence-electron chi connectivity index (χ1n) is 6.08. The average molecular weight is 259 g/mol. The van der Waals surface area contributed by atoms with Crippen molar-refractivity contribution in [1.82, 2.24) is 4.57 Å². The van der Waals surface area contributed by atoms with Crippen molar-refractivity contribution in [2.45, 2.75) is 19.9 Å². The molecule has 0 radical (unpaired) electrons. The van der Waals surface area contributed by atoms with Crippen molar-refractivity contribution >= 4 is 22.2 Å². The van der Waals surface area contributed by atoms with E-state index in [0.717, 1.165) is 23.9 Å². The van der Waals surface area contributed by atoms with Gasteiger partial charge >= 0.3 is 0 Å². The molecule has 3 rings (SSSR count). The van der Waals surface area contributed by atoms with Gasteiger partial charge in [0, 0.05) is 16.0 Å². The van der Waals surface area contributed by atoms with Crippen LogP contribution in [0.2, 0.25) is 0 Å². The molecule has 3 heteroatoms. The summed E-state index contributed by atoms with van der Waals surface area (Å²) in [5.74, 6) is -0.178. The van der Waals surface area contributed by atoms with Gasteiger partial charge in [0.15, 0.2) is 0 Å². The minimum absolute atomic E-state index is 0.178. The van der Waals surface area contributed by atoms with Gasteiger partial charge in [-0.05, 0) is 48.2 Å². The number of aryl methyl sites for hydroxylation is 1. The van der Waals surface area contributed by atoms with Crippen molar-refractivity contribution in [3.63, 3.8) is 0 Å². The highest BCUT2D eigenvalue weighted by atomic mass is 32.1. The van der Waals surface area contributed by atoms with Crippen LogP contribution in [0, 0.1) is 5.82 Å². The monoisotopic (exact) mass is 259 g/mol. The Kier molecular flexibility index (Phi) is 2.92. The fourth-order valence-electron chi connectivity index (χ4n) is 2.16. The van der Waals surface area contributed by atoms with Crippen molar-refractivity contribution in [3.05, 3.63) is 58.2 Å². The van der Waals surface area contributed by atoms with Crippen LogP contribution < -0.4 is 0 Å². The third-order valence-corrected chi connectivity index (χ3v) is 4.34. The van der Waals surface area contributed by atoms with E-state index in [1.54, 1.807) is 6.07 Å². The quantitative estimate of drug-likeness (QED) is 0.654. The lowest BCUT2D eigenvalue weighted by molar-refractivity contribution is 0.628. The number of hydrogen-bond donors (Lipinski definition) is 0. The van der Waals surface area contributed by atoms with Crippen molar-refractivity contribution in [2.24, 2.45) is 0 Å². The SMILES string of the molecule is CCc1ccc(Cn2ccc3ccc(F)cc32)s1. The standard InChI is InChI=1S/C15H14FNS/c1-2-13-5-6-14(18-13)10-17-8-7-11-3-4-12(16)9-15(11)17/h3-9H,2,10H2,1H3. The lowest BCUT2D eigenvalue weighted by Crippen LogP contribution is -1.95. The number of benzene rings is 1. The van der Waals surface area contributed by atoms with Gasteiger partial charge in [0.2, 0.25) is 0 Å². The van der Waals surface area contributed by atoms with E-state index in [4.69, 9.17) is 0 Å². The van der Waals surface area contributed by atoms with Gasteiger partial charge in [0.05, 0.1) is 12.1 Å². The fraction of sp³-hybridized carbons (Fsp3) is 0.200. The van der Waals surface area contributed by atoms with E-state index in [2.05, 4.69) is 23.6 Å². The highest BCUT2D eigenvalue weighted by Crippen LogP contribution is 2.22. The van der Waals surface area contributed by atoms with Gasteiger partial charge in [-0.1, -0.05) is 6.92 Å². The molecule has 92 valence electrons. The zero-order chi connectivity index (χ0) is 12.5. The van der Waals surface area contributed by atoms with Crippen LogP contribution in [0.15, 0.2) is 42.6 Å². The molecule has 18 heavy (non-hydrogen) atoms. The van der Waals surface area contributed by atoms with Crippen molar-refractivity contribution in [1.29, 1.82) is 0 Å².